The lowest BCUT2D eigenvalue weighted by atomic mass is 9.65. The number of morpholine rings is 1. The third-order valence-electron chi connectivity index (χ3n) is 7.75. The Hall–Kier alpha value is -1.85. The van der Waals surface area contributed by atoms with Gasteiger partial charge in [-0.25, -0.2) is 0 Å². The van der Waals surface area contributed by atoms with Crippen LogP contribution in [0.25, 0.3) is 10.9 Å². The van der Waals surface area contributed by atoms with E-state index in [2.05, 4.69) is 55.8 Å². The molecular weight excluding hydrogens is 374 g/mol. The second-order valence-corrected chi connectivity index (χ2v) is 11.2. The first-order valence-corrected chi connectivity index (χ1v) is 11.6. The molecule has 1 aromatic heterocycles. The number of anilines is 1. The van der Waals surface area contributed by atoms with Crippen LogP contribution in [0.5, 0.6) is 0 Å². The number of hydrogen-bond donors (Lipinski definition) is 2. The highest BCUT2D eigenvalue weighted by atomic mass is 16.5. The monoisotopic (exact) mass is 410 g/mol. The number of likely N-dealkylation sites (tertiary alicyclic amines) is 1. The molecule has 2 N–H and O–H groups in total. The van der Waals surface area contributed by atoms with E-state index in [1.807, 2.05) is 0 Å². The summed E-state index contributed by atoms with van der Waals surface area (Å²) in [5.41, 5.74) is 5.14. The van der Waals surface area contributed by atoms with Crippen LogP contribution in [0.1, 0.15) is 51.3 Å². The molecule has 1 saturated carbocycles. The predicted molar refractivity (Wildman–Crippen MR) is 121 cm³/mol. The summed E-state index contributed by atoms with van der Waals surface area (Å²) in [6.07, 6.45) is 3.87. The van der Waals surface area contributed by atoms with E-state index >= 15 is 0 Å². The van der Waals surface area contributed by atoms with Gasteiger partial charge >= 0.3 is 0 Å². The largest absolute Gasteiger partial charge is 0.378 e. The van der Waals surface area contributed by atoms with Crippen LogP contribution in [0.2, 0.25) is 0 Å². The molecule has 2 saturated heterocycles. The van der Waals surface area contributed by atoms with Gasteiger partial charge in [0.25, 0.3) is 0 Å². The molecule has 30 heavy (non-hydrogen) atoms. The zero-order chi connectivity index (χ0) is 21.1. The summed E-state index contributed by atoms with van der Waals surface area (Å²) in [5.74, 6) is 0. The van der Waals surface area contributed by atoms with Gasteiger partial charge < -0.3 is 19.5 Å². The molecule has 0 spiro atoms. The number of nitrogens with one attached hydrogen (secondary N) is 2. The van der Waals surface area contributed by atoms with Gasteiger partial charge in [-0.05, 0) is 37.0 Å². The second kappa shape index (κ2) is 7.10. The van der Waals surface area contributed by atoms with Gasteiger partial charge in [0.1, 0.15) is 6.54 Å². The molecule has 1 aromatic carbocycles. The first-order chi connectivity index (χ1) is 14.2. The van der Waals surface area contributed by atoms with Crippen LogP contribution in [0.3, 0.4) is 0 Å². The molecule has 162 valence electrons. The fourth-order valence-corrected chi connectivity index (χ4v) is 6.85. The van der Waals surface area contributed by atoms with Crippen molar-refractivity contribution in [2.45, 2.75) is 59.5 Å². The summed E-state index contributed by atoms with van der Waals surface area (Å²) in [7, 11) is 0. The Morgan fingerprint density at radius 3 is 2.73 bits per heavy atom. The molecule has 5 nitrogen and oxygen atoms in total. The molecule has 2 bridgehead atoms. The number of aromatic amines is 1. The van der Waals surface area contributed by atoms with Gasteiger partial charge in [-0.15, -0.1) is 0 Å². The summed E-state index contributed by atoms with van der Waals surface area (Å²) in [6, 6.07) is 6.95. The van der Waals surface area contributed by atoms with Crippen LogP contribution < -0.4 is 15.2 Å². The highest BCUT2D eigenvalue weighted by Crippen LogP contribution is 2.47. The van der Waals surface area contributed by atoms with Gasteiger partial charge in [-0.2, -0.15) is 0 Å². The number of nitrogens with zero attached hydrogens (tertiary/aromatic N) is 1. The quantitative estimate of drug-likeness (QED) is 0.818. The van der Waals surface area contributed by atoms with Gasteiger partial charge in [0.15, 0.2) is 5.43 Å². The zero-order valence-corrected chi connectivity index (χ0v) is 18.9. The average Bonchev–Trinajstić information content (AvgIpc) is 2.93. The number of fused-ring (bicyclic) bond motifs is 3. The maximum absolute atomic E-state index is 13.6. The van der Waals surface area contributed by atoms with Crippen molar-refractivity contribution in [1.82, 2.24) is 4.98 Å². The van der Waals surface area contributed by atoms with Crippen molar-refractivity contribution in [2.75, 3.05) is 37.7 Å². The molecular formula is C25H36N3O2+. The maximum Gasteiger partial charge on any atom is 0.198 e. The highest BCUT2D eigenvalue weighted by molar-refractivity contribution is 5.83. The van der Waals surface area contributed by atoms with Crippen LogP contribution in [0.4, 0.5) is 5.69 Å². The fourth-order valence-electron chi connectivity index (χ4n) is 6.85. The molecule has 2 aliphatic heterocycles. The Morgan fingerprint density at radius 2 is 1.97 bits per heavy atom. The van der Waals surface area contributed by atoms with E-state index in [0.717, 1.165) is 60.7 Å². The molecule has 1 aliphatic carbocycles. The number of rotatable bonds is 3. The molecule has 0 radical (unpaired) electrons. The number of quaternary nitrogens is 1. The normalized spacial score (nSPS) is 30.7. The van der Waals surface area contributed by atoms with Gasteiger partial charge in [0, 0.05) is 53.6 Å². The van der Waals surface area contributed by atoms with Crippen molar-refractivity contribution in [2.24, 2.45) is 10.8 Å². The van der Waals surface area contributed by atoms with Crippen molar-refractivity contribution in [3.05, 3.63) is 39.7 Å². The summed E-state index contributed by atoms with van der Waals surface area (Å²) >= 11 is 0. The zero-order valence-electron chi connectivity index (χ0n) is 18.9. The lowest BCUT2D eigenvalue weighted by Crippen LogP contribution is -3.12. The molecule has 2 aromatic rings. The van der Waals surface area contributed by atoms with Gasteiger partial charge in [-0.1, -0.05) is 20.8 Å². The van der Waals surface area contributed by atoms with Crippen molar-refractivity contribution >= 4 is 16.6 Å². The van der Waals surface area contributed by atoms with Gasteiger partial charge in [0.05, 0.1) is 31.4 Å². The van der Waals surface area contributed by atoms with Gasteiger partial charge in [0.2, 0.25) is 0 Å². The van der Waals surface area contributed by atoms with E-state index in [-0.39, 0.29) is 5.43 Å². The lowest BCUT2D eigenvalue weighted by molar-refractivity contribution is -0.928. The van der Waals surface area contributed by atoms with Crippen LogP contribution in [0, 0.1) is 17.8 Å². The molecule has 3 heterocycles. The van der Waals surface area contributed by atoms with Crippen molar-refractivity contribution in [3.63, 3.8) is 0 Å². The van der Waals surface area contributed by atoms with Crippen molar-refractivity contribution in [3.8, 4) is 0 Å². The van der Waals surface area contributed by atoms with Crippen LogP contribution in [-0.2, 0) is 11.3 Å². The summed E-state index contributed by atoms with van der Waals surface area (Å²) < 4.78 is 5.49. The van der Waals surface area contributed by atoms with Crippen molar-refractivity contribution < 1.29 is 9.64 Å². The summed E-state index contributed by atoms with van der Waals surface area (Å²) in [6.45, 7) is 14.7. The average molecular weight is 411 g/mol. The van der Waals surface area contributed by atoms with Crippen LogP contribution in [0.15, 0.2) is 23.0 Å². The fraction of sp³-hybridized carbons (Fsp3) is 0.640. The molecule has 3 fully saturated rings. The SMILES string of the molecule is Cc1[nH]c2ccc(N3CCOCC3)cc2c(=O)c1C[NH+]1CC2(C)CC1CC(C)(C)C2. The lowest BCUT2D eigenvalue weighted by Gasteiger charge is -2.37. The number of hydrogen-bond acceptors (Lipinski definition) is 3. The molecule has 3 unspecified atom stereocenters. The summed E-state index contributed by atoms with van der Waals surface area (Å²) in [5, 5.41) is 0.827. The minimum Gasteiger partial charge on any atom is -0.378 e. The van der Waals surface area contributed by atoms with Crippen molar-refractivity contribution in [1.29, 1.82) is 0 Å². The molecule has 3 aliphatic rings. The maximum atomic E-state index is 13.6. The van der Waals surface area contributed by atoms with E-state index in [0.29, 0.717) is 16.9 Å². The third-order valence-corrected chi connectivity index (χ3v) is 7.75. The second-order valence-electron chi connectivity index (χ2n) is 11.2. The minimum absolute atomic E-state index is 0.217. The molecule has 5 rings (SSSR count). The summed E-state index contributed by atoms with van der Waals surface area (Å²) in [4.78, 5) is 21.1. The number of aromatic nitrogens is 1. The predicted octanol–water partition coefficient (Wildman–Crippen LogP) is 2.66. The molecule has 0 amide bonds. The van der Waals surface area contributed by atoms with Crippen LogP contribution >= 0.6 is 0 Å². The number of aryl methyl sites for hydroxylation is 1. The minimum atomic E-state index is 0.217. The van der Waals surface area contributed by atoms with E-state index in [1.54, 1.807) is 4.90 Å². The standard InChI is InChI=1S/C25H35N3O2/c1-17-21(14-28-16-25(4)13-19(28)12-24(2,3)15-25)23(29)20-11-18(5-6-22(20)26-17)27-7-9-30-10-8-27/h5-6,11,19H,7-10,12-16H2,1-4H3,(H,26,29)/p+1. The Labute approximate surface area is 179 Å². The Morgan fingerprint density at radius 1 is 1.20 bits per heavy atom. The van der Waals surface area contributed by atoms with E-state index in [9.17, 15) is 4.79 Å². The van der Waals surface area contributed by atoms with E-state index in [4.69, 9.17) is 4.74 Å². The number of ether oxygens (including phenoxy) is 1. The molecule has 3 atom stereocenters. The third kappa shape index (κ3) is 3.56. The Balaban J connectivity index is 1.48. The number of pyridine rings is 1. The van der Waals surface area contributed by atoms with Gasteiger partial charge in [-0.3, -0.25) is 4.79 Å². The van der Waals surface area contributed by atoms with E-state index < -0.39 is 0 Å². The number of H-pyrrole nitrogens is 1. The first kappa shape index (κ1) is 20.1. The van der Waals surface area contributed by atoms with Crippen LogP contribution in [-0.4, -0.2) is 43.9 Å². The highest BCUT2D eigenvalue weighted by Gasteiger charge is 2.52. The first-order valence-electron chi connectivity index (χ1n) is 11.6. The smallest absolute Gasteiger partial charge is 0.198 e. The molecule has 5 heteroatoms. The Bertz CT molecular complexity index is 1020. The topological polar surface area (TPSA) is 49.8 Å². The Kier molecular flexibility index (Phi) is 4.75. The number of benzene rings is 1. The van der Waals surface area contributed by atoms with E-state index in [1.165, 1.54) is 25.8 Å².